The summed E-state index contributed by atoms with van der Waals surface area (Å²) in [5, 5.41) is 19.6. The minimum absolute atomic E-state index is 0.108. The second kappa shape index (κ2) is 9.21. The molecule has 9 heteroatoms. The Labute approximate surface area is 118 Å². The predicted octanol–water partition coefficient (Wildman–Crippen LogP) is -1.32. The van der Waals surface area contributed by atoms with Gasteiger partial charge in [-0.1, -0.05) is 6.08 Å². The monoisotopic (exact) mass is 306 g/mol. The van der Waals surface area contributed by atoms with Crippen molar-refractivity contribution in [2.24, 2.45) is 5.73 Å². The van der Waals surface area contributed by atoms with Crippen LogP contribution in [0.5, 0.6) is 0 Å². The summed E-state index contributed by atoms with van der Waals surface area (Å²) in [4.78, 5) is 32.9. The zero-order valence-corrected chi connectivity index (χ0v) is 11.6. The topological polar surface area (TPSA) is 147 Å². The molecule has 1 amide bonds. The van der Waals surface area contributed by atoms with Gasteiger partial charge >= 0.3 is 11.9 Å². The third kappa shape index (κ3) is 7.64. The van der Waals surface area contributed by atoms with Crippen molar-refractivity contribution in [3.8, 4) is 0 Å². The van der Waals surface area contributed by atoms with Crippen molar-refractivity contribution >= 4 is 28.6 Å². The Kier molecular flexibility index (Phi) is 8.41. The summed E-state index contributed by atoms with van der Waals surface area (Å²) in [6.07, 6.45) is 1.07. The third-order valence-electron chi connectivity index (χ3n) is 2.29. The fourth-order valence-electron chi connectivity index (χ4n) is 1.24. The molecular weight excluding hydrogens is 288 g/mol. The van der Waals surface area contributed by atoms with Gasteiger partial charge in [0.25, 0.3) is 0 Å². The molecular formula is C11H18N2O6S. The van der Waals surface area contributed by atoms with Crippen LogP contribution in [0, 0.1) is 0 Å². The van der Waals surface area contributed by atoms with Gasteiger partial charge in [0.05, 0.1) is 5.75 Å². The molecule has 0 aromatic heterocycles. The van der Waals surface area contributed by atoms with Crippen LogP contribution in [0.2, 0.25) is 0 Å². The standard InChI is InChI=1S/C11H18N2O6S/c1-2-5-20(19)6-8(11(17)18)13-9(14)4-3-7(12)10(15)16/h2,7-8H,1,3-6,12H2,(H,13,14)(H,15,16)(H,17,18)/t7-,8-,20+/m0/s1. The maximum Gasteiger partial charge on any atom is 0.327 e. The van der Waals surface area contributed by atoms with E-state index < -0.39 is 40.7 Å². The smallest absolute Gasteiger partial charge is 0.327 e. The highest BCUT2D eigenvalue weighted by molar-refractivity contribution is 7.85. The molecule has 0 bridgehead atoms. The van der Waals surface area contributed by atoms with Gasteiger partial charge in [0, 0.05) is 23.0 Å². The molecule has 0 spiro atoms. The molecule has 0 aliphatic rings. The van der Waals surface area contributed by atoms with Crippen molar-refractivity contribution < 1.29 is 28.8 Å². The van der Waals surface area contributed by atoms with Crippen LogP contribution in [-0.2, 0) is 25.2 Å². The van der Waals surface area contributed by atoms with Crippen LogP contribution >= 0.6 is 0 Å². The lowest BCUT2D eigenvalue weighted by Crippen LogP contribution is -2.45. The lowest BCUT2D eigenvalue weighted by molar-refractivity contribution is -0.141. The fourth-order valence-corrected chi connectivity index (χ4v) is 2.23. The number of carbonyl (C=O) groups is 3. The van der Waals surface area contributed by atoms with E-state index in [1.807, 2.05) is 0 Å². The molecule has 114 valence electrons. The second-order valence-corrected chi connectivity index (χ2v) is 5.55. The Morgan fingerprint density at radius 2 is 1.90 bits per heavy atom. The molecule has 8 nitrogen and oxygen atoms in total. The van der Waals surface area contributed by atoms with E-state index in [1.54, 1.807) is 0 Å². The Balaban J connectivity index is 4.34. The number of carboxylic acid groups (broad SMARTS) is 2. The van der Waals surface area contributed by atoms with Gasteiger partial charge in [0.2, 0.25) is 5.91 Å². The van der Waals surface area contributed by atoms with Gasteiger partial charge in [-0.15, -0.1) is 6.58 Å². The molecule has 5 N–H and O–H groups in total. The van der Waals surface area contributed by atoms with Gasteiger partial charge < -0.3 is 21.3 Å². The summed E-state index contributed by atoms with van der Waals surface area (Å²) in [7, 11) is -1.44. The van der Waals surface area contributed by atoms with E-state index in [-0.39, 0.29) is 24.3 Å². The molecule has 0 fully saturated rings. The van der Waals surface area contributed by atoms with E-state index in [4.69, 9.17) is 15.9 Å². The van der Waals surface area contributed by atoms with Crippen LogP contribution in [0.15, 0.2) is 12.7 Å². The van der Waals surface area contributed by atoms with Crippen molar-refractivity contribution in [3.05, 3.63) is 12.7 Å². The average Bonchev–Trinajstić information content (AvgIpc) is 2.35. The van der Waals surface area contributed by atoms with Gasteiger partial charge in [0.15, 0.2) is 0 Å². The molecule has 0 radical (unpaired) electrons. The van der Waals surface area contributed by atoms with Crippen LogP contribution in [0.1, 0.15) is 12.8 Å². The number of nitrogens with two attached hydrogens (primary N) is 1. The molecule has 0 aliphatic heterocycles. The predicted molar refractivity (Wildman–Crippen MR) is 72.5 cm³/mol. The molecule has 3 atom stereocenters. The zero-order chi connectivity index (χ0) is 15.7. The third-order valence-corrected chi connectivity index (χ3v) is 3.60. The minimum Gasteiger partial charge on any atom is -0.480 e. The van der Waals surface area contributed by atoms with Gasteiger partial charge in [-0.2, -0.15) is 0 Å². The van der Waals surface area contributed by atoms with Crippen LogP contribution in [0.4, 0.5) is 0 Å². The molecule has 0 saturated heterocycles. The average molecular weight is 306 g/mol. The van der Waals surface area contributed by atoms with Crippen molar-refractivity contribution in [3.63, 3.8) is 0 Å². The Morgan fingerprint density at radius 1 is 1.30 bits per heavy atom. The van der Waals surface area contributed by atoms with Crippen molar-refractivity contribution in [1.29, 1.82) is 0 Å². The van der Waals surface area contributed by atoms with Gasteiger partial charge in [-0.25, -0.2) is 4.79 Å². The molecule has 0 heterocycles. The highest BCUT2D eigenvalue weighted by Gasteiger charge is 2.23. The Hall–Kier alpha value is -1.74. The van der Waals surface area contributed by atoms with Crippen LogP contribution in [0.3, 0.4) is 0 Å². The maximum absolute atomic E-state index is 11.5. The lowest BCUT2D eigenvalue weighted by atomic mass is 10.1. The number of carboxylic acids is 2. The summed E-state index contributed by atoms with van der Waals surface area (Å²) < 4.78 is 11.4. The summed E-state index contributed by atoms with van der Waals surface area (Å²) in [5.41, 5.74) is 5.22. The summed E-state index contributed by atoms with van der Waals surface area (Å²) in [5.74, 6) is -3.30. The second-order valence-electron chi connectivity index (χ2n) is 4.00. The number of rotatable bonds is 10. The van der Waals surface area contributed by atoms with Crippen LogP contribution < -0.4 is 11.1 Å². The van der Waals surface area contributed by atoms with Gasteiger partial charge in [-0.3, -0.25) is 13.8 Å². The quantitative estimate of drug-likeness (QED) is 0.366. The normalized spacial score (nSPS) is 14.8. The number of carbonyl (C=O) groups excluding carboxylic acids is 1. The first-order chi connectivity index (χ1) is 9.27. The van der Waals surface area contributed by atoms with E-state index in [0.717, 1.165) is 0 Å². The molecule has 0 saturated carbocycles. The summed E-state index contributed by atoms with van der Waals surface area (Å²) >= 11 is 0. The van der Waals surface area contributed by atoms with Crippen molar-refractivity contribution in [1.82, 2.24) is 5.32 Å². The van der Waals surface area contributed by atoms with E-state index >= 15 is 0 Å². The van der Waals surface area contributed by atoms with E-state index in [9.17, 15) is 18.6 Å². The minimum atomic E-state index is -1.44. The number of hydrogen-bond acceptors (Lipinski definition) is 5. The number of hydrogen-bond donors (Lipinski definition) is 4. The first kappa shape index (κ1) is 18.3. The van der Waals surface area contributed by atoms with Crippen LogP contribution in [-0.4, -0.2) is 55.9 Å². The maximum atomic E-state index is 11.5. The lowest BCUT2D eigenvalue weighted by Gasteiger charge is -2.14. The highest BCUT2D eigenvalue weighted by Crippen LogP contribution is 1.98. The first-order valence-electron chi connectivity index (χ1n) is 5.74. The molecule has 0 aromatic rings. The van der Waals surface area contributed by atoms with E-state index in [2.05, 4.69) is 11.9 Å². The van der Waals surface area contributed by atoms with E-state index in [1.165, 1.54) is 6.08 Å². The van der Waals surface area contributed by atoms with Crippen molar-refractivity contribution in [2.75, 3.05) is 11.5 Å². The SMILES string of the molecule is C=CC[S@@](=O)C[C@H](NC(=O)CC[C@H](N)C(=O)O)C(=O)O. The van der Waals surface area contributed by atoms with Gasteiger partial charge in [0.1, 0.15) is 12.1 Å². The zero-order valence-electron chi connectivity index (χ0n) is 10.8. The Bertz CT molecular complexity index is 412. The van der Waals surface area contributed by atoms with E-state index in [0.29, 0.717) is 0 Å². The number of amides is 1. The molecule has 0 rings (SSSR count). The highest BCUT2D eigenvalue weighted by atomic mass is 32.2. The number of nitrogens with one attached hydrogen (secondary N) is 1. The molecule has 0 aliphatic carbocycles. The molecule has 0 unspecified atom stereocenters. The number of aliphatic carboxylic acids is 2. The Morgan fingerprint density at radius 3 is 2.35 bits per heavy atom. The largest absolute Gasteiger partial charge is 0.480 e. The van der Waals surface area contributed by atoms with Crippen molar-refractivity contribution in [2.45, 2.75) is 24.9 Å². The summed E-state index contributed by atoms with van der Waals surface area (Å²) in [6, 6.07) is -2.47. The molecule has 20 heavy (non-hydrogen) atoms. The van der Waals surface area contributed by atoms with Crippen LogP contribution in [0.25, 0.3) is 0 Å². The fraction of sp³-hybridized carbons (Fsp3) is 0.545. The molecule has 0 aromatic carbocycles. The summed E-state index contributed by atoms with van der Waals surface area (Å²) in [6.45, 7) is 3.38. The van der Waals surface area contributed by atoms with Gasteiger partial charge in [-0.05, 0) is 6.42 Å². The first-order valence-corrected chi connectivity index (χ1v) is 7.23.